The topological polar surface area (TPSA) is 61.9 Å². The molecular formula is C25H32N4O. The molecule has 2 heterocycles. The van der Waals surface area contributed by atoms with E-state index in [9.17, 15) is 4.79 Å². The summed E-state index contributed by atoms with van der Waals surface area (Å²) in [6, 6.07) is 18.6. The highest BCUT2D eigenvalue weighted by molar-refractivity contribution is 6.07. The molecule has 1 saturated heterocycles. The van der Waals surface area contributed by atoms with Crippen LogP contribution in [0.15, 0.2) is 59.6 Å². The molecule has 1 unspecified atom stereocenters. The van der Waals surface area contributed by atoms with Crippen LogP contribution in [0.3, 0.4) is 0 Å². The highest BCUT2D eigenvalue weighted by Gasteiger charge is 2.53. The van der Waals surface area contributed by atoms with Crippen molar-refractivity contribution in [2.75, 3.05) is 26.7 Å². The van der Waals surface area contributed by atoms with Crippen molar-refractivity contribution in [3.63, 3.8) is 0 Å². The van der Waals surface area contributed by atoms with Gasteiger partial charge in [0.2, 0.25) is 0 Å². The van der Waals surface area contributed by atoms with Gasteiger partial charge in [-0.15, -0.1) is 0 Å². The SMILES string of the molecule is CC(C)CN1CCC(C2(c3cccc(-c4ccccc4)c3)N=C(N)N(C)C2=O)CC1. The molecule has 2 aromatic rings. The van der Waals surface area contributed by atoms with Crippen LogP contribution < -0.4 is 5.73 Å². The van der Waals surface area contributed by atoms with Gasteiger partial charge in [-0.25, -0.2) is 4.99 Å². The largest absolute Gasteiger partial charge is 0.369 e. The summed E-state index contributed by atoms with van der Waals surface area (Å²) in [7, 11) is 1.73. The first-order valence-electron chi connectivity index (χ1n) is 10.9. The van der Waals surface area contributed by atoms with Crippen LogP contribution in [-0.4, -0.2) is 48.3 Å². The van der Waals surface area contributed by atoms with E-state index in [-0.39, 0.29) is 11.8 Å². The molecule has 5 nitrogen and oxygen atoms in total. The minimum absolute atomic E-state index is 0.00692. The van der Waals surface area contributed by atoms with Gasteiger partial charge in [-0.1, -0.05) is 62.4 Å². The highest BCUT2D eigenvalue weighted by Crippen LogP contribution is 2.45. The van der Waals surface area contributed by atoms with Crippen LogP contribution in [0.5, 0.6) is 0 Å². The van der Waals surface area contributed by atoms with Gasteiger partial charge in [-0.2, -0.15) is 0 Å². The molecule has 0 bridgehead atoms. The standard InChI is InChI=1S/C25H32N4O/c1-18(2)17-29-14-12-21(13-15-29)25(23(30)28(3)24(26)27-25)22-11-7-10-20(16-22)19-8-5-4-6-9-19/h4-11,16,18,21H,12-15,17H2,1-3H3,(H2,26,27). The lowest BCUT2D eigenvalue weighted by Crippen LogP contribution is -2.49. The van der Waals surface area contributed by atoms with Crippen molar-refractivity contribution in [1.29, 1.82) is 0 Å². The maximum absolute atomic E-state index is 13.6. The molecule has 158 valence electrons. The summed E-state index contributed by atoms with van der Waals surface area (Å²) in [4.78, 5) is 22.4. The van der Waals surface area contributed by atoms with E-state index in [0.29, 0.717) is 11.9 Å². The minimum Gasteiger partial charge on any atom is -0.369 e. The summed E-state index contributed by atoms with van der Waals surface area (Å²) >= 11 is 0. The number of carbonyl (C=O) groups is 1. The summed E-state index contributed by atoms with van der Waals surface area (Å²) < 4.78 is 0. The predicted molar refractivity (Wildman–Crippen MR) is 122 cm³/mol. The summed E-state index contributed by atoms with van der Waals surface area (Å²) in [6.45, 7) is 7.60. The number of hydrogen-bond acceptors (Lipinski definition) is 4. The van der Waals surface area contributed by atoms with Crippen molar-refractivity contribution in [1.82, 2.24) is 9.80 Å². The van der Waals surface area contributed by atoms with Gasteiger partial charge in [0.15, 0.2) is 11.5 Å². The van der Waals surface area contributed by atoms with Crippen LogP contribution in [-0.2, 0) is 10.3 Å². The lowest BCUT2D eigenvalue weighted by molar-refractivity contribution is -0.133. The van der Waals surface area contributed by atoms with Gasteiger partial charge < -0.3 is 10.6 Å². The lowest BCUT2D eigenvalue weighted by Gasteiger charge is -2.40. The fourth-order valence-corrected chi connectivity index (χ4v) is 4.97. The van der Waals surface area contributed by atoms with Gasteiger partial charge in [0.25, 0.3) is 5.91 Å². The fraction of sp³-hybridized carbons (Fsp3) is 0.440. The number of carbonyl (C=O) groups excluding carboxylic acids is 1. The molecule has 2 aliphatic rings. The van der Waals surface area contributed by atoms with E-state index in [1.165, 1.54) is 4.90 Å². The molecule has 0 radical (unpaired) electrons. The highest BCUT2D eigenvalue weighted by atomic mass is 16.2. The Kier molecular flexibility index (Phi) is 5.65. The third kappa shape index (κ3) is 3.63. The Morgan fingerprint density at radius 2 is 1.73 bits per heavy atom. The van der Waals surface area contributed by atoms with Crippen molar-refractivity contribution < 1.29 is 4.79 Å². The molecule has 1 fully saturated rings. The maximum atomic E-state index is 13.6. The molecule has 1 amide bonds. The molecule has 5 heteroatoms. The second-order valence-corrected chi connectivity index (χ2v) is 9.02. The molecular weight excluding hydrogens is 372 g/mol. The van der Waals surface area contributed by atoms with E-state index in [1.807, 2.05) is 30.3 Å². The van der Waals surface area contributed by atoms with Gasteiger partial charge in [0.1, 0.15) is 0 Å². The Bertz CT molecular complexity index is 931. The quantitative estimate of drug-likeness (QED) is 0.826. The monoisotopic (exact) mass is 404 g/mol. The van der Waals surface area contributed by atoms with Crippen molar-refractivity contribution in [3.8, 4) is 11.1 Å². The van der Waals surface area contributed by atoms with Crippen LogP contribution in [0, 0.1) is 11.8 Å². The Morgan fingerprint density at radius 3 is 2.33 bits per heavy atom. The molecule has 0 aliphatic carbocycles. The minimum atomic E-state index is -0.923. The summed E-state index contributed by atoms with van der Waals surface area (Å²) in [5, 5.41) is 0. The first kappa shape index (κ1) is 20.6. The van der Waals surface area contributed by atoms with Gasteiger partial charge in [0, 0.05) is 13.6 Å². The summed E-state index contributed by atoms with van der Waals surface area (Å²) in [5.41, 5.74) is 8.43. The van der Waals surface area contributed by atoms with Crippen LogP contribution in [0.4, 0.5) is 0 Å². The smallest absolute Gasteiger partial charge is 0.261 e. The average Bonchev–Trinajstić information content (AvgIpc) is 2.99. The van der Waals surface area contributed by atoms with E-state index in [0.717, 1.165) is 49.2 Å². The second-order valence-electron chi connectivity index (χ2n) is 9.02. The Balaban J connectivity index is 1.72. The zero-order valence-corrected chi connectivity index (χ0v) is 18.2. The number of nitrogens with two attached hydrogens (primary N) is 1. The normalized spacial score (nSPS) is 23.3. The van der Waals surface area contributed by atoms with Gasteiger partial charge >= 0.3 is 0 Å². The predicted octanol–water partition coefficient (Wildman–Crippen LogP) is 3.70. The number of hydrogen-bond donors (Lipinski definition) is 1. The van der Waals surface area contributed by atoms with E-state index in [1.54, 1.807) is 7.05 Å². The van der Waals surface area contributed by atoms with Gasteiger partial charge in [0.05, 0.1) is 0 Å². The number of amides is 1. The van der Waals surface area contributed by atoms with Gasteiger partial charge in [-0.05, 0) is 60.5 Å². The van der Waals surface area contributed by atoms with E-state index in [4.69, 9.17) is 10.7 Å². The van der Waals surface area contributed by atoms with Crippen molar-refractivity contribution in [2.45, 2.75) is 32.2 Å². The van der Waals surface area contributed by atoms with Crippen molar-refractivity contribution in [3.05, 3.63) is 60.2 Å². The van der Waals surface area contributed by atoms with Gasteiger partial charge in [-0.3, -0.25) is 9.69 Å². The van der Waals surface area contributed by atoms with Crippen molar-refractivity contribution in [2.24, 2.45) is 22.6 Å². The average molecular weight is 405 g/mol. The number of nitrogens with zero attached hydrogens (tertiary/aromatic N) is 3. The number of benzene rings is 2. The Labute approximate surface area is 179 Å². The summed E-state index contributed by atoms with van der Waals surface area (Å²) in [5.74, 6) is 1.09. The fourth-order valence-electron chi connectivity index (χ4n) is 4.97. The molecule has 4 rings (SSSR count). The van der Waals surface area contributed by atoms with Crippen LogP contribution in [0.1, 0.15) is 32.3 Å². The molecule has 0 saturated carbocycles. The number of likely N-dealkylation sites (tertiary alicyclic amines) is 1. The lowest BCUT2D eigenvalue weighted by atomic mass is 9.72. The zero-order chi connectivity index (χ0) is 21.3. The molecule has 1 atom stereocenters. The third-order valence-corrected chi connectivity index (χ3v) is 6.48. The number of likely N-dealkylation sites (N-methyl/N-ethyl adjacent to an activating group) is 1. The maximum Gasteiger partial charge on any atom is 0.261 e. The van der Waals surface area contributed by atoms with Crippen molar-refractivity contribution >= 4 is 11.9 Å². The molecule has 0 spiro atoms. The zero-order valence-electron chi connectivity index (χ0n) is 18.2. The number of aliphatic imine (C=N–C) groups is 1. The van der Waals surface area contributed by atoms with E-state index in [2.05, 4.69) is 43.0 Å². The first-order valence-corrected chi connectivity index (χ1v) is 10.9. The third-order valence-electron chi connectivity index (χ3n) is 6.48. The Hall–Kier alpha value is -2.66. The van der Waals surface area contributed by atoms with E-state index < -0.39 is 5.54 Å². The number of guanidine groups is 1. The molecule has 2 aromatic carbocycles. The molecule has 2 N–H and O–H groups in total. The molecule has 30 heavy (non-hydrogen) atoms. The number of rotatable bonds is 5. The molecule has 0 aromatic heterocycles. The summed E-state index contributed by atoms with van der Waals surface area (Å²) in [6.07, 6.45) is 1.89. The molecule has 2 aliphatic heterocycles. The number of piperidine rings is 1. The first-order chi connectivity index (χ1) is 14.4. The van der Waals surface area contributed by atoms with Crippen LogP contribution in [0.2, 0.25) is 0 Å². The van der Waals surface area contributed by atoms with Crippen LogP contribution in [0.25, 0.3) is 11.1 Å². The van der Waals surface area contributed by atoms with Crippen LogP contribution >= 0.6 is 0 Å². The second kappa shape index (κ2) is 8.23. The Morgan fingerprint density at radius 1 is 1.07 bits per heavy atom. The van der Waals surface area contributed by atoms with E-state index >= 15 is 0 Å².